The van der Waals surface area contributed by atoms with Crippen LogP contribution in [-0.2, 0) is 0 Å². The third-order valence-electron chi connectivity index (χ3n) is 2.62. The molecule has 0 amide bonds. The number of hydrogen-bond acceptors (Lipinski definition) is 5. The lowest BCUT2D eigenvalue weighted by molar-refractivity contribution is 0.0580. The number of hydrogen-bond donors (Lipinski definition) is 0. The average molecular weight is 242 g/mol. The molecular weight excluding hydrogens is 232 g/mol. The van der Waals surface area contributed by atoms with Crippen LogP contribution in [-0.4, -0.2) is 28.5 Å². The number of benzene rings is 1. The first-order chi connectivity index (χ1) is 8.84. The number of nitrogens with zero attached hydrogens (tertiary/aromatic N) is 2. The van der Waals surface area contributed by atoms with Crippen molar-refractivity contribution in [2.24, 2.45) is 0 Å². The van der Waals surface area contributed by atoms with E-state index < -0.39 is 6.10 Å². The molecule has 0 saturated carbocycles. The predicted octanol–water partition coefficient (Wildman–Crippen LogP) is 1.50. The van der Waals surface area contributed by atoms with Crippen LogP contribution in [0.1, 0.15) is 10.5 Å². The molecule has 90 valence electrons. The van der Waals surface area contributed by atoms with Crippen molar-refractivity contribution in [3.8, 4) is 11.5 Å². The Hall–Kier alpha value is -2.43. The van der Waals surface area contributed by atoms with Gasteiger partial charge in [-0.15, -0.1) is 0 Å². The van der Waals surface area contributed by atoms with Gasteiger partial charge in [-0.05, 0) is 12.1 Å². The third kappa shape index (κ3) is 1.90. The second-order valence-corrected chi connectivity index (χ2v) is 3.82. The van der Waals surface area contributed by atoms with Crippen LogP contribution in [0.4, 0.5) is 0 Å². The minimum atomic E-state index is -0.670. The molecule has 0 N–H and O–H groups in total. The zero-order valence-electron chi connectivity index (χ0n) is 9.45. The van der Waals surface area contributed by atoms with Crippen molar-refractivity contribution < 1.29 is 14.3 Å². The number of fused-ring (bicyclic) bond motifs is 1. The van der Waals surface area contributed by atoms with Gasteiger partial charge >= 0.3 is 0 Å². The largest absolute Gasteiger partial charge is 0.485 e. The highest BCUT2D eigenvalue weighted by atomic mass is 16.6. The molecule has 1 atom stereocenters. The summed E-state index contributed by atoms with van der Waals surface area (Å²) in [5, 5.41) is 0. The number of ketones is 1. The number of ether oxygens (including phenoxy) is 2. The van der Waals surface area contributed by atoms with E-state index in [1.54, 1.807) is 12.1 Å². The first kappa shape index (κ1) is 10.7. The maximum absolute atomic E-state index is 12.1. The van der Waals surface area contributed by atoms with E-state index in [-0.39, 0.29) is 18.1 Å². The number of carbonyl (C=O) groups is 1. The molecule has 0 radical (unpaired) electrons. The van der Waals surface area contributed by atoms with Crippen LogP contribution in [0.25, 0.3) is 0 Å². The summed E-state index contributed by atoms with van der Waals surface area (Å²) in [7, 11) is 0. The third-order valence-corrected chi connectivity index (χ3v) is 2.62. The van der Waals surface area contributed by atoms with Crippen LogP contribution in [0.2, 0.25) is 0 Å². The topological polar surface area (TPSA) is 61.3 Å². The molecule has 1 aromatic heterocycles. The highest BCUT2D eigenvalue weighted by molar-refractivity contribution is 5.98. The van der Waals surface area contributed by atoms with E-state index in [2.05, 4.69) is 9.97 Å². The van der Waals surface area contributed by atoms with Crippen molar-refractivity contribution >= 4 is 5.78 Å². The number of aromatic nitrogens is 2. The van der Waals surface area contributed by atoms with Crippen LogP contribution >= 0.6 is 0 Å². The van der Waals surface area contributed by atoms with Crippen LogP contribution in [0, 0.1) is 0 Å². The molecule has 3 rings (SSSR count). The Morgan fingerprint density at radius 2 is 2.06 bits per heavy atom. The minimum Gasteiger partial charge on any atom is -0.485 e. The van der Waals surface area contributed by atoms with Gasteiger partial charge in [0.25, 0.3) is 0 Å². The molecule has 2 heterocycles. The monoisotopic (exact) mass is 242 g/mol. The van der Waals surface area contributed by atoms with Gasteiger partial charge in [0, 0.05) is 12.4 Å². The first-order valence-corrected chi connectivity index (χ1v) is 5.53. The normalized spacial score (nSPS) is 17.2. The molecule has 1 aliphatic rings. The van der Waals surface area contributed by atoms with Crippen molar-refractivity contribution in [3.05, 3.63) is 48.5 Å². The number of rotatable bonds is 2. The Bertz CT molecular complexity index is 571. The molecule has 5 heteroatoms. The highest BCUT2D eigenvalue weighted by Crippen LogP contribution is 2.31. The van der Waals surface area contributed by atoms with Crippen LogP contribution in [0.5, 0.6) is 11.5 Å². The Kier molecular flexibility index (Phi) is 2.64. The second kappa shape index (κ2) is 4.44. The van der Waals surface area contributed by atoms with Gasteiger partial charge in [-0.2, -0.15) is 0 Å². The van der Waals surface area contributed by atoms with Gasteiger partial charge in [-0.3, -0.25) is 9.78 Å². The molecule has 0 bridgehead atoms. The Labute approximate surface area is 103 Å². The van der Waals surface area contributed by atoms with E-state index in [1.165, 1.54) is 18.6 Å². The van der Waals surface area contributed by atoms with Gasteiger partial charge < -0.3 is 9.47 Å². The Morgan fingerprint density at radius 1 is 1.22 bits per heavy atom. The zero-order chi connectivity index (χ0) is 12.4. The summed E-state index contributed by atoms with van der Waals surface area (Å²) >= 11 is 0. The highest BCUT2D eigenvalue weighted by Gasteiger charge is 2.28. The minimum absolute atomic E-state index is 0.187. The van der Waals surface area contributed by atoms with E-state index in [0.29, 0.717) is 11.5 Å². The van der Waals surface area contributed by atoms with E-state index >= 15 is 0 Å². The molecule has 0 aliphatic carbocycles. The van der Waals surface area contributed by atoms with E-state index in [0.717, 1.165) is 0 Å². The van der Waals surface area contributed by atoms with Crippen molar-refractivity contribution in [1.29, 1.82) is 0 Å². The number of carbonyl (C=O) groups excluding carboxylic acids is 1. The predicted molar refractivity (Wildman–Crippen MR) is 62.7 cm³/mol. The van der Waals surface area contributed by atoms with E-state index in [9.17, 15) is 4.79 Å². The SMILES string of the molecule is O=C(c1cnccn1)C1COc2ccccc2O1. The second-order valence-electron chi connectivity index (χ2n) is 3.82. The van der Waals surface area contributed by atoms with Crippen molar-refractivity contribution in [2.75, 3.05) is 6.61 Å². The summed E-state index contributed by atoms with van der Waals surface area (Å²) < 4.78 is 11.1. The smallest absolute Gasteiger partial charge is 0.226 e. The lowest BCUT2D eigenvalue weighted by Crippen LogP contribution is -2.37. The maximum atomic E-state index is 12.1. The Morgan fingerprint density at radius 3 is 2.83 bits per heavy atom. The van der Waals surface area contributed by atoms with Crippen LogP contribution in [0.15, 0.2) is 42.9 Å². The van der Waals surface area contributed by atoms with Gasteiger partial charge in [0.15, 0.2) is 17.6 Å². The molecule has 5 nitrogen and oxygen atoms in total. The average Bonchev–Trinajstić information content (AvgIpc) is 2.47. The summed E-state index contributed by atoms with van der Waals surface area (Å²) in [6.45, 7) is 0.187. The lowest BCUT2D eigenvalue weighted by atomic mass is 10.1. The molecule has 1 aromatic carbocycles. The quantitative estimate of drug-likeness (QED) is 0.747. The summed E-state index contributed by atoms with van der Waals surface area (Å²) in [6, 6.07) is 7.26. The van der Waals surface area contributed by atoms with Gasteiger partial charge in [-0.25, -0.2) is 4.98 Å². The zero-order valence-corrected chi connectivity index (χ0v) is 9.45. The van der Waals surface area contributed by atoms with Gasteiger partial charge in [0.2, 0.25) is 5.78 Å². The number of Topliss-reactive ketones (excluding diaryl/α,β-unsaturated/α-hetero) is 1. The Balaban J connectivity index is 1.82. The fourth-order valence-corrected chi connectivity index (χ4v) is 1.74. The van der Waals surface area contributed by atoms with Crippen LogP contribution < -0.4 is 9.47 Å². The molecule has 0 fully saturated rings. The standard InChI is InChI=1S/C13H10N2O3/c16-13(9-7-14-5-6-15-9)12-8-17-10-3-1-2-4-11(10)18-12/h1-7,12H,8H2. The summed E-state index contributed by atoms with van der Waals surface area (Å²) in [6.07, 6.45) is 3.75. The molecular formula is C13H10N2O3. The van der Waals surface area contributed by atoms with Gasteiger partial charge in [0.05, 0.1) is 6.20 Å². The maximum Gasteiger partial charge on any atom is 0.226 e. The summed E-state index contributed by atoms with van der Waals surface area (Å²) in [5.41, 5.74) is 0.283. The summed E-state index contributed by atoms with van der Waals surface area (Å²) in [5.74, 6) is 1.00. The molecule has 18 heavy (non-hydrogen) atoms. The van der Waals surface area contributed by atoms with Crippen molar-refractivity contribution in [2.45, 2.75) is 6.10 Å². The van der Waals surface area contributed by atoms with Crippen molar-refractivity contribution in [1.82, 2.24) is 9.97 Å². The fraction of sp³-hybridized carbons (Fsp3) is 0.154. The van der Waals surface area contributed by atoms with Gasteiger partial charge in [-0.1, -0.05) is 12.1 Å². The van der Waals surface area contributed by atoms with E-state index in [1.807, 2.05) is 12.1 Å². The number of para-hydroxylation sites is 2. The van der Waals surface area contributed by atoms with Crippen LogP contribution in [0.3, 0.4) is 0 Å². The van der Waals surface area contributed by atoms with Gasteiger partial charge in [0.1, 0.15) is 12.3 Å². The molecule has 1 aliphatic heterocycles. The fourth-order valence-electron chi connectivity index (χ4n) is 1.74. The molecule has 0 saturated heterocycles. The molecule has 1 unspecified atom stereocenters. The summed E-state index contributed by atoms with van der Waals surface area (Å²) in [4.78, 5) is 19.9. The molecule has 2 aromatic rings. The van der Waals surface area contributed by atoms with Crippen molar-refractivity contribution in [3.63, 3.8) is 0 Å². The lowest BCUT2D eigenvalue weighted by Gasteiger charge is -2.25. The molecule has 0 spiro atoms. The first-order valence-electron chi connectivity index (χ1n) is 5.53. The van der Waals surface area contributed by atoms with E-state index in [4.69, 9.17) is 9.47 Å².